The number of amides is 2. The Hall–Kier alpha value is -2.99. The van der Waals surface area contributed by atoms with Crippen molar-refractivity contribution in [2.45, 2.75) is 0 Å². The van der Waals surface area contributed by atoms with Gasteiger partial charge in [-0.25, -0.2) is 5.43 Å². The third kappa shape index (κ3) is 3.61. The van der Waals surface area contributed by atoms with Crippen molar-refractivity contribution in [3.05, 3.63) is 64.9 Å². The highest BCUT2D eigenvalue weighted by atomic mass is 32.1. The second-order valence-corrected chi connectivity index (χ2v) is 5.67. The fourth-order valence-electron chi connectivity index (χ4n) is 2.08. The number of carbonyl (C=O) groups is 2. The quantitative estimate of drug-likeness (QED) is 0.442. The van der Waals surface area contributed by atoms with Crippen LogP contribution in [0.4, 0.5) is 5.69 Å². The summed E-state index contributed by atoms with van der Waals surface area (Å²) >= 11 is 1.49. The highest BCUT2D eigenvalue weighted by Crippen LogP contribution is 2.22. The fraction of sp³-hybridized carbons (Fsp3) is 0. The molecule has 0 aliphatic carbocycles. The Morgan fingerprint density at radius 2 is 1.78 bits per heavy atom. The average Bonchev–Trinajstić information content (AvgIpc) is 3.08. The van der Waals surface area contributed by atoms with Gasteiger partial charge in [0.05, 0.1) is 6.21 Å². The lowest BCUT2D eigenvalue weighted by atomic mass is 10.1. The fourth-order valence-corrected chi connectivity index (χ4v) is 2.67. The zero-order valence-corrected chi connectivity index (χ0v) is 12.8. The molecule has 2 aromatic carbocycles. The third-order valence-electron chi connectivity index (χ3n) is 3.15. The summed E-state index contributed by atoms with van der Waals surface area (Å²) < 4.78 is 0. The molecule has 0 radical (unpaired) electrons. The van der Waals surface area contributed by atoms with Gasteiger partial charge in [-0.05, 0) is 22.9 Å². The van der Waals surface area contributed by atoms with Crippen molar-refractivity contribution in [3.8, 4) is 0 Å². The largest absolute Gasteiger partial charge is 0.329 e. The van der Waals surface area contributed by atoms with Crippen LogP contribution >= 0.6 is 11.3 Å². The van der Waals surface area contributed by atoms with Gasteiger partial charge in [0.1, 0.15) is 0 Å². The number of hydrazone groups is 1. The van der Waals surface area contributed by atoms with Crippen LogP contribution in [0.5, 0.6) is 0 Å². The predicted molar refractivity (Wildman–Crippen MR) is 92.6 cm³/mol. The van der Waals surface area contributed by atoms with E-state index in [9.17, 15) is 9.59 Å². The molecule has 0 aliphatic rings. The molecule has 23 heavy (non-hydrogen) atoms. The summed E-state index contributed by atoms with van der Waals surface area (Å²) in [6, 6.07) is 16.9. The van der Waals surface area contributed by atoms with E-state index in [1.165, 1.54) is 17.6 Å². The van der Waals surface area contributed by atoms with E-state index in [2.05, 4.69) is 15.8 Å². The number of carbonyl (C=O) groups excluding carboxylic acids is 2. The minimum atomic E-state index is -0.814. The van der Waals surface area contributed by atoms with Gasteiger partial charge >= 0.3 is 11.8 Å². The number of thiophene rings is 1. The number of benzene rings is 2. The molecule has 0 fully saturated rings. The van der Waals surface area contributed by atoms with Gasteiger partial charge in [0, 0.05) is 16.0 Å². The van der Waals surface area contributed by atoms with Gasteiger partial charge in [-0.3, -0.25) is 9.59 Å². The van der Waals surface area contributed by atoms with Crippen molar-refractivity contribution < 1.29 is 9.59 Å². The van der Waals surface area contributed by atoms with Crippen LogP contribution in [0.15, 0.2) is 65.1 Å². The van der Waals surface area contributed by atoms with Crippen LogP contribution in [0, 0.1) is 0 Å². The Labute approximate surface area is 136 Å². The molecular weight excluding hydrogens is 310 g/mol. The summed E-state index contributed by atoms with van der Waals surface area (Å²) in [4.78, 5) is 24.6. The molecule has 1 aromatic heterocycles. The van der Waals surface area contributed by atoms with Gasteiger partial charge in [0.2, 0.25) is 0 Å². The summed E-state index contributed by atoms with van der Waals surface area (Å²) in [6.45, 7) is 0. The SMILES string of the molecule is O=C(N/N=C\c1cccs1)C(=O)Nc1cccc2ccccc12. The van der Waals surface area contributed by atoms with Crippen LogP contribution < -0.4 is 10.7 Å². The monoisotopic (exact) mass is 323 g/mol. The van der Waals surface area contributed by atoms with Crippen molar-refractivity contribution in [1.82, 2.24) is 5.43 Å². The van der Waals surface area contributed by atoms with Crippen LogP contribution in [0.1, 0.15) is 4.88 Å². The summed E-state index contributed by atoms with van der Waals surface area (Å²) in [5.74, 6) is -1.57. The summed E-state index contributed by atoms with van der Waals surface area (Å²) in [5, 5.41) is 10.1. The highest BCUT2D eigenvalue weighted by molar-refractivity contribution is 7.11. The van der Waals surface area contributed by atoms with Crippen LogP contribution in [0.3, 0.4) is 0 Å². The second kappa shape index (κ2) is 6.85. The number of fused-ring (bicyclic) bond motifs is 1. The van der Waals surface area contributed by atoms with Gasteiger partial charge in [0.25, 0.3) is 0 Å². The van der Waals surface area contributed by atoms with E-state index in [4.69, 9.17) is 0 Å². The first-order valence-electron chi connectivity index (χ1n) is 6.90. The first-order valence-corrected chi connectivity index (χ1v) is 7.77. The van der Waals surface area contributed by atoms with Crippen molar-refractivity contribution in [3.63, 3.8) is 0 Å². The van der Waals surface area contributed by atoms with E-state index >= 15 is 0 Å². The normalized spacial score (nSPS) is 10.8. The Balaban J connectivity index is 1.67. The van der Waals surface area contributed by atoms with Gasteiger partial charge in [-0.15, -0.1) is 11.3 Å². The minimum absolute atomic E-state index is 0.588. The zero-order valence-electron chi connectivity index (χ0n) is 12.0. The minimum Gasteiger partial charge on any atom is -0.317 e. The lowest BCUT2D eigenvalue weighted by Gasteiger charge is -2.07. The molecule has 114 valence electrons. The Bertz CT molecular complexity index is 867. The summed E-state index contributed by atoms with van der Waals surface area (Å²) in [7, 11) is 0. The molecule has 5 nitrogen and oxygen atoms in total. The van der Waals surface area contributed by atoms with Crippen LogP contribution in [0.25, 0.3) is 10.8 Å². The standard InChI is InChI=1S/C17H13N3O2S/c21-16(17(22)20-18-11-13-7-4-10-23-13)19-15-9-3-6-12-5-1-2-8-14(12)15/h1-11H,(H,19,21)(H,20,22)/b18-11-. The zero-order chi connectivity index (χ0) is 16.1. The van der Waals surface area contributed by atoms with E-state index < -0.39 is 11.8 Å². The number of nitrogens with one attached hydrogen (secondary N) is 2. The molecule has 1 heterocycles. The van der Waals surface area contributed by atoms with E-state index in [0.29, 0.717) is 5.69 Å². The van der Waals surface area contributed by atoms with Crippen molar-refractivity contribution in [2.75, 3.05) is 5.32 Å². The second-order valence-electron chi connectivity index (χ2n) is 4.70. The maximum atomic E-state index is 12.0. The average molecular weight is 323 g/mol. The molecule has 3 aromatic rings. The van der Waals surface area contributed by atoms with Crippen LogP contribution in [-0.2, 0) is 9.59 Å². The van der Waals surface area contributed by atoms with Crippen molar-refractivity contribution in [2.24, 2.45) is 5.10 Å². The number of nitrogens with zero attached hydrogens (tertiary/aromatic N) is 1. The Morgan fingerprint density at radius 3 is 2.61 bits per heavy atom. The molecule has 0 saturated carbocycles. The smallest absolute Gasteiger partial charge is 0.317 e. The van der Waals surface area contributed by atoms with Gasteiger partial charge in [-0.1, -0.05) is 42.5 Å². The predicted octanol–water partition coefficient (Wildman–Crippen LogP) is 2.99. The van der Waals surface area contributed by atoms with Gasteiger partial charge in [0.15, 0.2) is 0 Å². The van der Waals surface area contributed by atoms with Crippen LogP contribution in [-0.4, -0.2) is 18.0 Å². The first kappa shape index (κ1) is 14.9. The molecule has 3 rings (SSSR count). The number of hydrogen-bond acceptors (Lipinski definition) is 4. The molecule has 0 aliphatic heterocycles. The van der Waals surface area contributed by atoms with E-state index in [1.54, 1.807) is 6.07 Å². The third-order valence-corrected chi connectivity index (χ3v) is 3.95. The lowest BCUT2D eigenvalue weighted by Crippen LogP contribution is -2.32. The molecule has 0 atom stereocenters. The van der Waals surface area contributed by atoms with Gasteiger partial charge < -0.3 is 5.32 Å². The van der Waals surface area contributed by atoms with E-state index in [-0.39, 0.29) is 0 Å². The molecule has 0 spiro atoms. The highest BCUT2D eigenvalue weighted by Gasteiger charge is 2.14. The number of rotatable bonds is 3. The molecule has 2 N–H and O–H groups in total. The molecular formula is C17H13N3O2S. The molecule has 0 saturated heterocycles. The van der Waals surface area contributed by atoms with Gasteiger partial charge in [-0.2, -0.15) is 5.10 Å². The molecule has 6 heteroatoms. The molecule has 0 unspecified atom stereocenters. The van der Waals surface area contributed by atoms with Crippen LogP contribution in [0.2, 0.25) is 0 Å². The summed E-state index contributed by atoms with van der Waals surface area (Å²) in [5.41, 5.74) is 2.80. The topological polar surface area (TPSA) is 70.6 Å². The number of anilines is 1. The lowest BCUT2D eigenvalue weighted by molar-refractivity contribution is -0.136. The van der Waals surface area contributed by atoms with E-state index in [1.807, 2.05) is 53.9 Å². The molecule has 2 amide bonds. The van der Waals surface area contributed by atoms with Crippen molar-refractivity contribution >= 4 is 45.8 Å². The Kier molecular flexibility index (Phi) is 4.44. The first-order chi connectivity index (χ1) is 11.2. The maximum absolute atomic E-state index is 12.0. The molecule has 0 bridgehead atoms. The van der Waals surface area contributed by atoms with Crippen molar-refractivity contribution in [1.29, 1.82) is 0 Å². The maximum Gasteiger partial charge on any atom is 0.329 e. The number of hydrogen-bond donors (Lipinski definition) is 2. The van der Waals surface area contributed by atoms with E-state index in [0.717, 1.165) is 15.6 Å². The summed E-state index contributed by atoms with van der Waals surface area (Å²) in [6.07, 6.45) is 1.49. The Morgan fingerprint density at radius 1 is 0.957 bits per heavy atom.